The van der Waals surface area contributed by atoms with Gasteiger partial charge in [-0.1, -0.05) is 0 Å². The maximum atomic E-state index is 12.1. The first-order chi connectivity index (χ1) is 10.3. The van der Waals surface area contributed by atoms with Gasteiger partial charge in [0.15, 0.2) is 0 Å². The van der Waals surface area contributed by atoms with E-state index in [-0.39, 0.29) is 6.09 Å². The molecule has 1 atom stereocenters. The average molecular weight is 315 g/mol. The number of hydrogen-bond acceptors (Lipinski definition) is 5. The van der Waals surface area contributed by atoms with Crippen molar-refractivity contribution in [3.8, 4) is 0 Å². The smallest absolute Gasteiger partial charge is 0.410 e. The Morgan fingerprint density at radius 3 is 2.59 bits per heavy atom. The lowest BCUT2D eigenvalue weighted by molar-refractivity contribution is 0.0164. The van der Waals surface area contributed by atoms with Crippen molar-refractivity contribution in [3.05, 3.63) is 0 Å². The van der Waals surface area contributed by atoms with Gasteiger partial charge < -0.3 is 25.4 Å². The molecule has 0 aromatic carbocycles. The summed E-state index contributed by atoms with van der Waals surface area (Å²) in [5, 5.41) is 16.3. The minimum absolute atomic E-state index is 0.296. The van der Waals surface area contributed by atoms with Gasteiger partial charge in [-0.3, -0.25) is 0 Å². The predicted octanol–water partition coefficient (Wildman–Crippen LogP) is 1.19. The van der Waals surface area contributed by atoms with Crippen LogP contribution < -0.4 is 10.6 Å². The van der Waals surface area contributed by atoms with E-state index in [0.717, 1.165) is 26.2 Å². The van der Waals surface area contributed by atoms with Crippen LogP contribution in [0.25, 0.3) is 0 Å². The minimum Gasteiger partial charge on any atom is -0.444 e. The van der Waals surface area contributed by atoms with Crippen LogP contribution in [-0.2, 0) is 4.74 Å². The number of nitrogens with zero attached hydrogens (tertiary/aromatic N) is 1. The third kappa shape index (κ3) is 8.56. The fourth-order valence-electron chi connectivity index (χ4n) is 2.51. The Balaban J connectivity index is 2.32. The number of piperidine rings is 1. The molecule has 1 aliphatic rings. The molecule has 130 valence electrons. The summed E-state index contributed by atoms with van der Waals surface area (Å²) in [4.78, 5) is 13.7. The maximum absolute atomic E-state index is 12.1. The van der Waals surface area contributed by atoms with Crippen LogP contribution in [0.2, 0.25) is 0 Å². The first kappa shape index (κ1) is 19.2. The number of carbonyl (C=O) groups excluding carboxylic acids is 1. The van der Waals surface area contributed by atoms with Crippen molar-refractivity contribution < 1.29 is 14.6 Å². The van der Waals surface area contributed by atoms with E-state index < -0.39 is 11.7 Å². The summed E-state index contributed by atoms with van der Waals surface area (Å²) < 4.78 is 5.39. The normalized spacial score (nSPS) is 18.0. The number of carbonyl (C=O) groups is 1. The fourth-order valence-corrected chi connectivity index (χ4v) is 2.51. The molecule has 0 bridgehead atoms. The lowest BCUT2D eigenvalue weighted by Gasteiger charge is -2.29. The molecule has 0 aromatic heterocycles. The SMILES string of the molecule is CC(O)CN(CCNCC1CCNCC1)C(=O)OC(C)(C)C. The molecule has 1 fully saturated rings. The van der Waals surface area contributed by atoms with Gasteiger partial charge in [-0.25, -0.2) is 4.79 Å². The van der Waals surface area contributed by atoms with E-state index in [1.54, 1.807) is 11.8 Å². The van der Waals surface area contributed by atoms with Crippen LogP contribution in [0.3, 0.4) is 0 Å². The quantitative estimate of drug-likeness (QED) is 0.616. The van der Waals surface area contributed by atoms with Crippen LogP contribution >= 0.6 is 0 Å². The van der Waals surface area contributed by atoms with Gasteiger partial charge >= 0.3 is 6.09 Å². The Morgan fingerprint density at radius 2 is 2.05 bits per heavy atom. The molecule has 22 heavy (non-hydrogen) atoms. The number of nitrogens with one attached hydrogen (secondary N) is 2. The zero-order valence-electron chi connectivity index (χ0n) is 14.5. The highest BCUT2D eigenvalue weighted by atomic mass is 16.6. The zero-order chi connectivity index (χ0) is 16.6. The Hall–Kier alpha value is -0.850. The predicted molar refractivity (Wildman–Crippen MR) is 88.0 cm³/mol. The molecule has 0 spiro atoms. The highest BCUT2D eigenvalue weighted by molar-refractivity contribution is 5.68. The summed E-state index contributed by atoms with van der Waals surface area (Å²) in [5.41, 5.74) is -0.517. The summed E-state index contributed by atoms with van der Waals surface area (Å²) in [6.45, 7) is 12.0. The number of aliphatic hydroxyl groups is 1. The molecule has 0 saturated carbocycles. The second kappa shape index (κ2) is 9.33. The van der Waals surface area contributed by atoms with Crippen molar-refractivity contribution in [3.63, 3.8) is 0 Å². The van der Waals surface area contributed by atoms with Crippen LogP contribution in [0.15, 0.2) is 0 Å². The Bertz CT molecular complexity index is 323. The van der Waals surface area contributed by atoms with Gasteiger partial charge in [0.2, 0.25) is 0 Å². The van der Waals surface area contributed by atoms with Crippen LogP contribution in [0, 0.1) is 5.92 Å². The summed E-state index contributed by atoms with van der Waals surface area (Å²) >= 11 is 0. The van der Waals surface area contributed by atoms with Gasteiger partial charge in [-0.05, 0) is 66.1 Å². The van der Waals surface area contributed by atoms with Crippen molar-refractivity contribution in [1.82, 2.24) is 15.5 Å². The van der Waals surface area contributed by atoms with Crippen LogP contribution in [0.1, 0.15) is 40.5 Å². The summed E-state index contributed by atoms with van der Waals surface area (Å²) in [6, 6.07) is 0. The molecule has 1 heterocycles. The van der Waals surface area contributed by atoms with E-state index in [2.05, 4.69) is 10.6 Å². The standard InChI is InChI=1S/C16H33N3O3/c1-13(20)12-19(15(21)22-16(2,3)4)10-9-18-11-14-5-7-17-8-6-14/h13-14,17-18,20H,5-12H2,1-4H3. The van der Waals surface area contributed by atoms with Crippen molar-refractivity contribution in [2.75, 3.05) is 39.3 Å². The van der Waals surface area contributed by atoms with Gasteiger partial charge in [-0.15, -0.1) is 0 Å². The van der Waals surface area contributed by atoms with Crippen molar-refractivity contribution >= 4 is 6.09 Å². The highest BCUT2D eigenvalue weighted by Gasteiger charge is 2.23. The first-order valence-corrected chi connectivity index (χ1v) is 8.35. The maximum Gasteiger partial charge on any atom is 0.410 e. The third-order valence-corrected chi connectivity index (χ3v) is 3.59. The van der Waals surface area contributed by atoms with Gasteiger partial charge in [-0.2, -0.15) is 0 Å². The lowest BCUT2D eigenvalue weighted by Crippen LogP contribution is -2.44. The third-order valence-electron chi connectivity index (χ3n) is 3.59. The molecule has 6 heteroatoms. The van der Waals surface area contributed by atoms with E-state index in [0.29, 0.717) is 19.0 Å². The fraction of sp³-hybridized carbons (Fsp3) is 0.938. The minimum atomic E-state index is -0.558. The van der Waals surface area contributed by atoms with Gasteiger partial charge in [0, 0.05) is 19.6 Å². The van der Waals surface area contributed by atoms with E-state index >= 15 is 0 Å². The van der Waals surface area contributed by atoms with E-state index in [1.165, 1.54) is 12.8 Å². The molecule has 6 nitrogen and oxygen atoms in total. The molecule has 1 amide bonds. The molecule has 1 saturated heterocycles. The highest BCUT2D eigenvalue weighted by Crippen LogP contribution is 2.11. The van der Waals surface area contributed by atoms with Gasteiger partial charge in [0.25, 0.3) is 0 Å². The molecule has 1 unspecified atom stereocenters. The Morgan fingerprint density at radius 1 is 1.41 bits per heavy atom. The van der Waals surface area contributed by atoms with Crippen molar-refractivity contribution in [1.29, 1.82) is 0 Å². The summed E-state index contributed by atoms with van der Waals surface area (Å²) in [5.74, 6) is 0.716. The Labute approximate surface area is 134 Å². The molecule has 1 rings (SSSR count). The largest absolute Gasteiger partial charge is 0.444 e. The van der Waals surface area contributed by atoms with Crippen LogP contribution in [0.5, 0.6) is 0 Å². The molecule has 0 radical (unpaired) electrons. The van der Waals surface area contributed by atoms with E-state index in [9.17, 15) is 9.90 Å². The molecule has 1 aliphatic heterocycles. The lowest BCUT2D eigenvalue weighted by atomic mass is 9.98. The van der Waals surface area contributed by atoms with Gasteiger partial charge in [0.1, 0.15) is 5.60 Å². The van der Waals surface area contributed by atoms with Crippen molar-refractivity contribution in [2.24, 2.45) is 5.92 Å². The molecule has 3 N–H and O–H groups in total. The monoisotopic (exact) mass is 315 g/mol. The topological polar surface area (TPSA) is 73.8 Å². The average Bonchev–Trinajstić information content (AvgIpc) is 2.41. The molecular weight excluding hydrogens is 282 g/mol. The second-order valence-electron chi connectivity index (χ2n) is 7.17. The Kier molecular flexibility index (Phi) is 8.14. The van der Waals surface area contributed by atoms with Gasteiger partial charge in [0.05, 0.1) is 6.10 Å². The number of amides is 1. The zero-order valence-corrected chi connectivity index (χ0v) is 14.5. The number of aliphatic hydroxyl groups excluding tert-OH is 1. The molecule has 0 aromatic rings. The summed E-state index contributed by atoms with van der Waals surface area (Å²) in [7, 11) is 0. The van der Waals surface area contributed by atoms with E-state index in [4.69, 9.17) is 4.74 Å². The first-order valence-electron chi connectivity index (χ1n) is 8.35. The number of rotatable bonds is 7. The van der Waals surface area contributed by atoms with Crippen molar-refractivity contribution in [2.45, 2.75) is 52.2 Å². The second-order valence-corrected chi connectivity index (χ2v) is 7.17. The molecular formula is C16H33N3O3. The van der Waals surface area contributed by atoms with Crippen LogP contribution in [-0.4, -0.2) is 67.1 Å². The number of hydrogen-bond donors (Lipinski definition) is 3. The van der Waals surface area contributed by atoms with Crippen LogP contribution in [0.4, 0.5) is 4.79 Å². The van der Waals surface area contributed by atoms with E-state index in [1.807, 2.05) is 20.8 Å². The molecule has 0 aliphatic carbocycles. The summed E-state index contributed by atoms with van der Waals surface area (Å²) in [6.07, 6.45) is 1.49. The number of ether oxygens (including phenoxy) is 1.